The summed E-state index contributed by atoms with van der Waals surface area (Å²) in [4.78, 5) is 14.1. The Morgan fingerprint density at radius 3 is 2.82 bits per heavy atom. The molecular formula is C15H25N5OS. The number of anilines is 2. The number of hydrogen-bond acceptors (Lipinski definition) is 7. The molecule has 122 valence electrons. The maximum absolute atomic E-state index is 5.79. The summed E-state index contributed by atoms with van der Waals surface area (Å²) in [6, 6.07) is 0. The van der Waals surface area contributed by atoms with Crippen molar-refractivity contribution in [1.29, 1.82) is 0 Å². The van der Waals surface area contributed by atoms with Gasteiger partial charge in [0.2, 0.25) is 11.8 Å². The van der Waals surface area contributed by atoms with Crippen molar-refractivity contribution < 1.29 is 4.74 Å². The second-order valence-corrected chi connectivity index (χ2v) is 6.80. The van der Waals surface area contributed by atoms with Crippen molar-refractivity contribution in [2.75, 3.05) is 68.6 Å². The normalized spacial score (nSPS) is 18.7. The number of nitrogens with zero attached hydrogens (tertiary/aromatic N) is 4. The van der Waals surface area contributed by atoms with Gasteiger partial charge in [0.05, 0.1) is 12.2 Å². The molecule has 3 rings (SSSR count). The van der Waals surface area contributed by atoms with Gasteiger partial charge in [-0.15, -0.1) is 0 Å². The summed E-state index contributed by atoms with van der Waals surface area (Å²) < 4.78 is 5.79. The van der Waals surface area contributed by atoms with Crippen molar-refractivity contribution in [2.24, 2.45) is 0 Å². The Bertz CT molecular complexity index is 505. The topological polar surface area (TPSA) is 53.5 Å². The quantitative estimate of drug-likeness (QED) is 0.820. The number of hydrogen-bond donors (Lipinski definition) is 1. The zero-order valence-electron chi connectivity index (χ0n) is 13.5. The number of ether oxygens (including phenoxy) is 1. The van der Waals surface area contributed by atoms with Gasteiger partial charge in [0.1, 0.15) is 5.82 Å². The van der Waals surface area contributed by atoms with E-state index in [0.29, 0.717) is 0 Å². The fourth-order valence-electron chi connectivity index (χ4n) is 2.78. The van der Waals surface area contributed by atoms with Crippen molar-refractivity contribution in [2.45, 2.75) is 12.8 Å². The van der Waals surface area contributed by atoms with Crippen LogP contribution in [0.2, 0.25) is 0 Å². The van der Waals surface area contributed by atoms with E-state index in [1.807, 2.05) is 11.8 Å². The number of aromatic nitrogens is 2. The van der Waals surface area contributed by atoms with Crippen LogP contribution in [0.1, 0.15) is 12.0 Å². The molecule has 1 aromatic heterocycles. The SMILES string of the molecule is CSCCNc1nc(N2CCN(C)CC2)nc2c1CCCO2. The Labute approximate surface area is 136 Å². The Morgan fingerprint density at radius 2 is 2.05 bits per heavy atom. The van der Waals surface area contributed by atoms with Crippen molar-refractivity contribution in [1.82, 2.24) is 14.9 Å². The summed E-state index contributed by atoms with van der Waals surface area (Å²) in [7, 11) is 2.16. The third-order valence-electron chi connectivity index (χ3n) is 4.15. The van der Waals surface area contributed by atoms with E-state index in [1.165, 1.54) is 0 Å². The zero-order chi connectivity index (χ0) is 15.4. The van der Waals surface area contributed by atoms with Gasteiger partial charge in [0, 0.05) is 38.5 Å². The maximum Gasteiger partial charge on any atom is 0.230 e. The van der Waals surface area contributed by atoms with Crippen molar-refractivity contribution in [3.05, 3.63) is 5.56 Å². The van der Waals surface area contributed by atoms with Crippen LogP contribution in [0.3, 0.4) is 0 Å². The second-order valence-electron chi connectivity index (χ2n) is 5.82. The minimum atomic E-state index is 0.760. The van der Waals surface area contributed by atoms with Crippen LogP contribution < -0.4 is 15.0 Å². The highest BCUT2D eigenvalue weighted by Gasteiger charge is 2.23. The molecule has 1 aromatic rings. The van der Waals surface area contributed by atoms with Gasteiger partial charge in [-0.1, -0.05) is 0 Å². The highest BCUT2D eigenvalue weighted by atomic mass is 32.2. The van der Waals surface area contributed by atoms with Crippen LogP contribution in [-0.2, 0) is 6.42 Å². The summed E-state index contributed by atoms with van der Waals surface area (Å²) in [5, 5.41) is 3.47. The number of likely N-dealkylation sites (N-methyl/N-ethyl adjacent to an activating group) is 1. The monoisotopic (exact) mass is 323 g/mol. The Hall–Kier alpha value is -1.21. The Morgan fingerprint density at radius 1 is 1.23 bits per heavy atom. The standard InChI is InChI=1S/C15H25N5OS/c1-19-6-8-20(9-7-19)15-17-13(16-5-11-22-2)12-4-3-10-21-14(12)18-15/h3-11H2,1-2H3,(H,16,17,18). The first-order chi connectivity index (χ1) is 10.8. The van der Waals surface area contributed by atoms with Gasteiger partial charge < -0.3 is 19.9 Å². The molecule has 1 fully saturated rings. The molecule has 22 heavy (non-hydrogen) atoms. The first-order valence-corrected chi connectivity index (χ1v) is 9.37. The van der Waals surface area contributed by atoms with Crippen molar-refractivity contribution >= 4 is 23.5 Å². The van der Waals surface area contributed by atoms with E-state index in [2.05, 4.69) is 33.4 Å². The summed E-state index contributed by atoms with van der Waals surface area (Å²) in [5.41, 5.74) is 1.14. The van der Waals surface area contributed by atoms with Gasteiger partial charge in [0.25, 0.3) is 0 Å². The molecule has 0 bridgehead atoms. The molecule has 0 radical (unpaired) electrons. The van der Waals surface area contributed by atoms with Gasteiger partial charge >= 0.3 is 0 Å². The van der Waals surface area contributed by atoms with Gasteiger partial charge in [-0.2, -0.15) is 21.7 Å². The molecule has 1 saturated heterocycles. The smallest absolute Gasteiger partial charge is 0.230 e. The number of rotatable bonds is 5. The Balaban J connectivity index is 1.82. The molecule has 0 aromatic carbocycles. The summed E-state index contributed by atoms with van der Waals surface area (Å²) in [6.07, 6.45) is 4.16. The molecule has 0 unspecified atom stereocenters. The zero-order valence-corrected chi connectivity index (χ0v) is 14.3. The molecule has 0 saturated carbocycles. The van der Waals surface area contributed by atoms with E-state index in [0.717, 1.165) is 81.1 Å². The minimum Gasteiger partial charge on any atom is -0.477 e. The van der Waals surface area contributed by atoms with Gasteiger partial charge in [-0.05, 0) is 26.1 Å². The lowest BCUT2D eigenvalue weighted by molar-refractivity contribution is 0.274. The Kier molecular flexibility index (Phi) is 5.25. The predicted molar refractivity (Wildman–Crippen MR) is 92.4 cm³/mol. The van der Waals surface area contributed by atoms with Crippen LogP contribution in [0.15, 0.2) is 0 Å². The van der Waals surface area contributed by atoms with Crippen molar-refractivity contribution in [3.63, 3.8) is 0 Å². The lowest BCUT2D eigenvalue weighted by Gasteiger charge is -2.33. The number of fused-ring (bicyclic) bond motifs is 1. The number of nitrogens with one attached hydrogen (secondary N) is 1. The van der Waals surface area contributed by atoms with Crippen LogP contribution in [0.25, 0.3) is 0 Å². The van der Waals surface area contributed by atoms with Gasteiger partial charge in [-0.3, -0.25) is 0 Å². The summed E-state index contributed by atoms with van der Waals surface area (Å²) >= 11 is 1.84. The molecule has 0 spiro atoms. The first kappa shape index (κ1) is 15.7. The average molecular weight is 323 g/mol. The molecule has 6 nitrogen and oxygen atoms in total. The number of thioether (sulfide) groups is 1. The van der Waals surface area contributed by atoms with Gasteiger partial charge in [-0.25, -0.2) is 0 Å². The molecule has 0 aliphatic carbocycles. The average Bonchev–Trinajstić information content (AvgIpc) is 2.55. The van der Waals surface area contributed by atoms with Crippen molar-refractivity contribution in [3.8, 4) is 5.88 Å². The lowest BCUT2D eigenvalue weighted by atomic mass is 10.1. The lowest BCUT2D eigenvalue weighted by Crippen LogP contribution is -2.45. The second kappa shape index (κ2) is 7.37. The van der Waals surface area contributed by atoms with Crippen LogP contribution in [0.4, 0.5) is 11.8 Å². The molecule has 7 heteroatoms. The highest BCUT2D eigenvalue weighted by molar-refractivity contribution is 7.98. The summed E-state index contributed by atoms with van der Waals surface area (Å²) in [5.74, 6) is 3.62. The van der Waals surface area contributed by atoms with Crippen LogP contribution in [0, 0.1) is 0 Å². The van der Waals surface area contributed by atoms with E-state index < -0.39 is 0 Å². The fraction of sp³-hybridized carbons (Fsp3) is 0.733. The largest absolute Gasteiger partial charge is 0.477 e. The summed E-state index contributed by atoms with van der Waals surface area (Å²) in [6.45, 7) is 5.73. The third kappa shape index (κ3) is 3.57. The molecule has 2 aliphatic rings. The molecule has 1 N–H and O–H groups in total. The number of piperazine rings is 1. The predicted octanol–water partition coefficient (Wildman–Crippen LogP) is 1.33. The van der Waals surface area contributed by atoms with Crippen LogP contribution in [-0.4, -0.2) is 73.3 Å². The molecule has 2 aliphatic heterocycles. The van der Waals surface area contributed by atoms with E-state index >= 15 is 0 Å². The molecule has 0 atom stereocenters. The minimum absolute atomic E-state index is 0.760. The van der Waals surface area contributed by atoms with Crippen LogP contribution >= 0.6 is 11.8 Å². The van der Waals surface area contributed by atoms with E-state index in [-0.39, 0.29) is 0 Å². The highest BCUT2D eigenvalue weighted by Crippen LogP contribution is 2.30. The van der Waals surface area contributed by atoms with E-state index in [4.69, 9.17) is 9.72 Å². The maximum atomic E-state index is 5.79. The molecule has 0 amide bonds. The molecular weight excluding hydrogens is 298 g/mol. The first-order valence-electron chi connectivity index (χ1n) is 7.98. The van der Waals surface area contributed by atoms with Crippen LogP contribution in [0.5, 0.6) is 5.88 Å². The third-order valence-corrected chi connectivity index (χ3v) is 4.76. The van der Waals surface area contributed by atoms with Gasteiger partial charge in [0.15, 0.2) is 0 Å². The van der Waals surface area contributed by atoms with E-state index in [1.54, 1.807) is 0 Å². The fourth-order valence-corrected chi connectivity index (χ4v) is 3.09. The molecule has 3 heterocycles. The van der Waals surface area contributed by atoms with E-state index in [9.17, 15) is 0 Å².